The zero-order chi connectivity index (χ0) is 10.3. The first-order valence-electron chi connectivity index (χ1n) is 4.64. The van der Waals surface area contributed by atoms with E-state index in [-0.39, 0.29) is 11.0 Å². The summed E-state index contributed by atoms with van der Waals surface area (Å²) in [6, 6.07) is 5.52. The van der Waals surface area contributed by atoms with Crippen LogP contribution in [0.1, 0.15) is 29.3 Å². The second-order valence-corrected chi connectivity index (χ2v) is 5.49. The summed E-state index contributed by atoms with van der Waals surface area (Å²) in [5, 5.41) is -0.0453. The highest BCUT2D eigenvalue weighted by molar-refractivity contribution is 7.86. The third-order valence-corrected chi connectivity index (χ3v) is 4.39. The van der Waals surface area contributed by atoms with Crippen molar-refractivity contribution in [3.05, 3.63) is 29.3 Å². The molecule has 1 aromatic carbocycles. The predicted molar refractivity (Wildman–Crippen MR) is 56.0 cm³/mol. The monoisotopic (exact) mass is 208 g/mol. The largest absolute Gasteiger partial charge is 0.294 e. The number of Topliss-reactive ketones (excluding diaryl/α,β-unsaturated/α-hetero) is 1. The fourth-order valence-electron chi connectivity index (χ4n) is 1.79. The van der Waals surface area contributed by atoms with E-state index in [0.29, 0.717) is 12.0 Å². The predicted octanol–water partition coefficient (Wildman–Crippen LogP) is 2.08. The standard InChI is InChI=1S/C11H12O2S/c1-7-4-3-5-9-10(12)6-8(2)14(13)11(7)9/h3-5,8H,6H2,1-2H3. The van der Waals surface area contributed by atoms with E-state index >= 15 is 0 Å². The Morgan fingerprint density at radius 2 is 2.14 bits per heavy atom. The Morgan fingerprint density at radius 1 is 1.43 bits per heavy atom. The quantitative estimate of drug-likeness (QED) is 0.654. The molecule has 3 heteroatoms. The van der Waals surface area contributed by atoms with Crippen molar-refractivity contribution >= 4 is 16.6 Å². The molecule has 0 amide bonds. The summed E-state index contributed by atoms with van der Waals surface area (Å²) >= 11 is 0. The van der Waals surface area contributed by atoms with Gasteiger partial charge in [-0.05, 0) is 12.5 Å². The zero-order valence-electron chi connectivity index (χ0n) is 8.24. The number of benzene rings is 1. The number of hydrogen-bond acceptors (Lipinski definition) is 2. The topological polar surface area (TPSA) is 34.1 Å². The molecule has 0 aliphatic carbocycles. The first-order chi connectivity index (χ1) is 6.61. The van der Waals surface area contributed by atoms with Crippen molar-refractivity contribution in [1.82, 2.24) is 0 Å². The van der Waals surface area contributed by atoms with Gasteiger partial charge in [0.1, 0.15) is 0 Å². The molecule has 0 saturated carbocycles. The highest BCUT2D eigenvalue weighted by atomic mass is 32.2. The van der Waals surface area contributed by atoms with Crippen LogP contribution in [0.5, 0.6) is 0 Å². The van der Waals surface area contributed by atoms with Gasteiger partial charge in [0, 0.05) is 17.2 Å². The minimum absolute atomic E-state index is 0.0453. The van der Waals surface area contributed by atoms with Crippen molar-refractivity contribution in [3.63, 3.8) is 0 Å². The Hall–Kier alpha value is -0.960. The van der Waals surface area contributed by atoms with E-state index in [9.17, 15) is 9.00 Å². The molecule has 14 heavy (non-hydrogen) atoms. The summed E-state index contributed by atoms with van der Waals surface area (Å²) in [5.41, 5.74) is 1.61. The molecule has 0 N–H and O–H groups in total. The average Bonchev–Trinajstić information content (AvgIpc) is 2.14. The highest BCUT2D eigenvalue weighted by Crippen LogP contribution is 2.28. The lowest BCUT2D eigenvalue weighted by molar-refractivity contribution is 0.0977. The maximum Gasteiger partial charge on any atom is 0.165 e. The highest BCUT2D eigenvalue weighted by Gasteiger charge is 2.29. The molecular weight excluding hydrogens is 196 g/mol. The van der Waals surface area contributed by atoms with E-state index in [2.05, 4.69) is 0 Å². The molecule has 2 atom stereocenters. The van der Waals surface area contributed by atoms with Crippen LogP contribution in [0.2, 0.25) is 0 Å². The minimum Gasteiger partial charge on any atom is -0.294 e. The van der Waals surface area contributed by atoms with Crippen LogP contribution >= 0.6 is 0 Å². The lowest BCUT2D eigenvalue weighted by Crippen LogP contribution is -2.25. The SMILES string of the molecule is Cc1cccc2c1S(=O)C(C)CC2=O. The maximum absolute atomic E-state index is 11.9. The number of ketones is 1. The molecule has 0 saturated heterocycles. The van der Waals surface area contributed by atoms with Crippen molar-refractivity contribution in [3.8, 4) is 0 Å². The average molecular weight is 208 g/mol. The summed E-state index contributed by atoms with van der Waals surface area (Å²) in [4.78, 5) is 12.4. The second-order valence-electron chi connectivity index (χ2n) is 3.69. The molecule has 74 valence electrons. The van der Waals surface area contributed by atoms with E-state index in [4.69, 9.17) is 0 Å². The van der Waals surface area contributed by atoms with Gasteiger partial charge in [0.2, 0.25) is 0 Å². The lowest BCUT2D eigenvalue weighted by Gasteiger charge is -2.21. The van der Waals surface area contributed by atoms with Crippen molar-refractivity contribution in [2.75, 3.05) is 0 Å². The van der Waals surface area contributed by atoms with Crippen LogP contribution < -0.4 is 0 Å². The third kappa shape index (κ3) is 1.32. The van der Waals surface area contributed by atoms with Crippen LogP contribution in [0, 0.1) is 6.92 Å². The van der Waals surface area contributed by atoms with Crippen LogP contribution in [0.4, 0.5) is 0 Å². The molecule has 0 radical (unpaired) electrons. The van der Waals surface area contributed by atoms with Gasteiger partial charge >= 0.3 is 0 Å². The number of aryl methyl sites for hydroxylation is 1. The van der Waals surface area contributed by atoms with Crippen molar-refractivity contribution in [2.45, 2.75) is 30.4 Å². The van der Waals surface area contributed by atoms with E-state index in [0.717, 1.165) is 10.5 Å². The zero-order valence-corrected chi connectivity index (χ0v) is 9.06. The van der Waals surface area contributed by atoms with Gasteiger partial charge in [0.15, 0.2) is 5.78 Å². The van der Waals surface area contributed by atoms with E-state index in [1.807, 2.05) is 26.0 Å². The number of hydrogen-bond donors (Lipinski definition) is 0. The van der Waals surface area contributed by atoms with Gasteiger partial charge in [0.05, 0.1) is 15.7 Å². The van der Waals surface area contributed by atoms with Crippen LogP contribution in [-0.4, -0.2) is 15.2 Å². The summed E-state index contributed by atoms with van der Waals surface area (Å²) in [7, 11) is -1.01. The van der Waals surface area contributed by atoms with Crippen molar-refractivity contribution in [2.24, 2.45) is 0 Å². The van der Waals surface area contributed by atoms with Gasteiger partial charge in [-0.3, -0.25) is 9.00 Å². The van der Waals surface area contributed by atoms with Crippen LogP contribution in [0.15, 0.2) is 23.1 Å². The van der Waals surface area contributed by atoms with E-state index in [1.54, 1.807) is 6.07 Å². The van der Waals surface area contributed by atoms with Gasteiger partial charge < -0.3 is 0 Å². The molecule has 0 bridgehead atoms. The first kappa shape index (κ1) is 9.59. The van der Waals surface area contributed by atoms with Gasteiger partial charge in [-0.15, -0.1) is 0 Å². The molecule has 1 aliphatic heterocycles. The molecule has 0 spiro atoms. The molecule has 2 rings (SSSR count). The Morgan fingerprint density at radius 3 is 2.86 bits per heavy atom. The smallest absolute Gasteiger partial charge is 0.165 e. The molecular formula is C11H12O2S. The van der Waals surface area contributed by atoms with Gasteiger partial charge in [0.25, 0.3) is 0 Å². The number of carbonyl (C=O) groups is 1. The first-order valence-corrected chi connectivity index (χ1v) is 5.86. The maximum atomic E-state index is 11.9. The van der Waals surface area contributed by atoms with Gasteiger partial charge in [-0.2, -0.15) is 0 Å². The Bertz CT molecular complexity index is 423. The molecule has 1 aliphatic rings. The number of fused-ring (bicyclic) bond motifs is 1. The van der Waals surface area contributed by atoms with Crippen LogP contribution in [0.3, 0.4) is 0 Å². The summed E-state index contributed by atoms with van der Waals surface area (Å²) in [6.45, 7) is 3.77. The van der Waals surface area contributed by atoms with Crippen molar-refractivity contribution in [1.29, 1.82) is 0 Å². The van der Waals surface area contributed by atoms with E-state index < -0.39 is 10.8 Å². The molecule has 0 fully saturated rings. The fourth-order valence-corrected chi connectivity index (χ4v) is 3.28. The Kier molecular flexibility index (Phi) is 2.27. The summed E-state index contributed by atoms with van der Waals surface area (Å²) in [5.74, 6) is 0.121. The normalized spacial score (nSPS) is 26.0. The molecule has 1 heterocycles. The minimum atomic E-state index is -1.01. The van der Waals surface area contributed by atoms with Crippen LogP contribution in [0.25, 0.3) is 0 Å². The van der Waals surface area contributed by atoms with E-state index in [1.165, 1.54) is 0 Å². The molecule has 2 unspecified atom stereocenters. The second kappa shape index (κ2) is 3.31. The van der Waals surface area contributed by atoms with Gasteiger partial charge in [-0.25, -0.2) is 0 Å². The molecule has 1 aromatic rings. The lowest BCUT2D eigenvalue weighted by atomic mass is 10.0. The number of carbonyl (C=O) groups excluding carboxylic acids is 1. The Labute approximate surface area is 85.8 Å². The summed E-state index contributed by atoms with van der Waals surface area (Å²) in [6.07, 6.45) is 0.406. The molecule has 0 aromatic heterocycles. The van der Waals surface area contributed by atoms with Gasteiger partial charge in [-0.1, -0.05) is 25.1 Å². The fraction of sp³-hybridized carbons (Fsp3) is 0.364. The molecule has 2 nitrogen and oxygen atoms in total. The van der Waals surface area contributed by atoms with Crippen molar-refractivity contribution < 1.29 is 9.00 Å². The number of rotatable bonds is 0. The van der Waals surface area contributed by atoms with Crippen LogP contribution in [-0.2, 0) is 10.8 Å². The third-order valence-electron chi connectivity index (χ3n) is 2.55. The summed E-state index contributed by atoms with van der Waals surface area (Å²) < 4.78 is 11.9. The Balaban J connectivity index is 2.68.